The summed E-state index contributed by atoms with van der Waals surface area (Å²) in [5.41, 5.74) is 1.38. The van der Waals surface area contributed by atoms with E-state index in [9.17, 15) is 4.39 Å². The first-order chi connectivity index (χ1) is 9.20. The lowest BCUT2D eigenvalue weighted by Gasteiger charge is -2.11. The first kappa shape index (κ1) is 11.3. The van der Waals surface area contributed by atoms with Gasteiger partial charge in [-0.25, -0.2) is 4.39 Å². The topological polar surface area (TPSA) is 29.9 Å². The maximum atomic E-state index is 14.1. The number of thioether (sulfide) groups is 1. The lowest BCUT2D eigenvalue weighted by Crippen LogP contribution is -2.01. The molecule has 3 nitrogen and oxygen atoms in total. The Kier molecular flexibility index (Phi) is 2.37. The molecule has 0 bridgehead atoms. The van der Waals surface area contributed by atoms with Crippen molar-refractivity contribution in [2.75, 3.05) is 5.32 Å². The molecule has 6 heteroatoms. The van der Waals surface area contributed by atoms with Crippen LogP contribution in [0.2, 0.25) is 0 Å². The third kappa shape index (κ3) is 1.74. The Morgan fingerprint density at radius 1 is 1.42 bits per heavy atom. The SMILES string of the molecule is Cn1cc2cc(C3Nc4sccc4S3)cc(F)c2n1. The number of rotatable bonds is 1. The zero-order valence-electron chi connectivity index (χ0n) is 10.1. The highest BCUT2D eigenvalue weighted by Crippen LogP contribution is 2.49. The quantitative estimate of drug-likeness (QED) is 0.735. The summed E-state index contributed by atoms with van der Waals surface area (Å²) in [5.74, 6) is -0.259. The molecule has 3 heterocycles. The fraction of sp³-hybridized carbons (Fsp3) is 0.154. The summed E-state index contributed by atoms with van der Waals surface area (Å²) in [5, 5.41) is 11.7. The lowest BCUT2D eigenvalue weighted by atomic mass is 10.1. The van der Waals surface area contributed by atoms with Crippen LogP contribution in [0.5, 0.6) is 0 Å². The number of hydrogen-bond acceptors (Lipinski definition) is 4. The molecule has 2 aromatic heterocycles. The summed E-state index contributed by atoms with van der Waals surface area (Å²) in [7, 11) is 1.80. The summed E-state index contributed by atoms with van der Waals surface area (Å²) in [6.07, 6.45) is 1.84. The van der Waals surface area contributed by atoms with Gasteiger partial charge in [0.15, 0.2) is 5.82 Å². The summed E-state index contributed by atoms with van der Waals surface area (Å²) in [6.45, 7) is 0. The number of aromatic nitrogens is 2. The number of fused-ring (bicyclic) bond motifs is 2. The second-order valence-electron chi connectivity index (χ2n) is 4.50. The zero-order valence-corrected chi connectivity index (χ0v) is 11.7. The Hall–Kier alpha value is -1.53. The molecule has 0 spiro atoms. The molecule has 3 aromatic rings. The fourth-order valence-electron chi connectivity index (χ4n) is 2.31. The van der Waals surface area contributed by atoms with Gasteiger partial charge in [0.25, 0.3) is 0 Å². The highest BCUT2D eigenvalue weighted by atomic mass is 32.2. The third-order valence-electron chi connectivity index (χ3n) is 3.14. The summed E-state index contributed by atoms with van der Waals surface area (Å²) >= 11 is 3.41. The first-order valence-electron chi connectivity index (χ1n) is 5.84. The lowest BCUT2D eigenvalue weighted by molar-refractivity contribution is 0.630. The van der Waals surface area contributed by atoms with Crippen molar-refractivity contribution in [3.8, 4) is 0 Å². The van der Waals surface area contributed by atoms with E-state index in [1.807, 2.05) is 12.3 Å². The molecule has 96 valence electrons. The number of nitrogens with one attached hydrogen (secondary N) is 1. The predicted molar refractivity (Wildman–Crippen MR) is 77.2 cm³/mol. The largest absolute Gasteiger partial charge is 0.360 e. The van der Waals surface area contributed by atoms with Crippen LogP contribution in [0.15, 0.2) is 34.7 Å². The van der Waals surface area contributed by atoms with Gasteiger partial charge in [-0.1, -0.05) is 11.8 Å². The average molecular weight is 291 g/mol. The maximum Gasteiger partial charge on any atom is 0.151 e. The standard InChI is InChI=1S/C13H10FN3S2/c1-17-6-8-4-7(5-9(14)11(8)16-17)12-15-13-10(19-12)2-3-18-13/h2-6,12,15H,1H3. The molecule has 1 unspecified atom stereocenters. The number of thiophene rings is 1. The van der Waals surface area contributed by atoms with Crippen molar-refractivity contribution in [2.45, 2.75) is 10.3 Å². The van der Waals surface area contributed by atoms with E-state index >= 15 is 0 Å². The van der Waals surface area contributed by atoms with E-state index in [4.69, 9.17) is 0 Å². The Bertz CT molecular complexity index is 757. The van der Waals surface area contributed by atoms with Crippen LogP contribution in [0, 0.1) is 5.82 Å². The fourth-order valence-corrected chi connectivity index (χ4v) is 4.48. The molecular weight excluding hydrogens is 281 g/mol. The van der Waals surface area contributed by atoms with Gasteiger partial charge in [0, 0.05) is 23.5 Å². The van der Waals surface area contributed by atoms with Crippen LogP contribution in [0.25, 0.3) is 10.9 Å². The van der Waals surface area contributed by atoms with E-state index in [1.54, 1.807) is 40.9 Å². The van der Waals surface area contributed by atoms with E-state index in [0.717, 1.165) is 10.9 Å². The Balaban J connectivity index is 1.78. The van der Waals surface area contributed by atoms with E-state index in [1.165, 1.54) is 9.90 Å². The van der Waals surface area contributed by atoms with Gasteiger partial charge < -0.3 is 5.32 Å². The van der Waals surface area contributed by atoms with E-state index in [-0.39, 0.29) is 11.2 Å². The van der Waals surface area contributed by atoms with Crippen LogP contribution >= 0.6 is 23.1 Å². The van der Waals surface area contributed by atoms with Crippen molar-refractivity contribution in [3.05, 3.63) is 41.2 Å². The van der Waals surface area contributed by atoms with E-state index < -0.39 is 0 Å². The predicted octanol–water partition coefficient (Wildman–Crippen LogP) is 3.99. The third-order valence-corrected chi connectivity index (χ3v) is 5.33. The van der Waals surface area contributed by atoms with E-state index in [2.05, 4.69) is 21.9 Å². The highest BCUT2D eigenvalue weighted by molar-refractivity contribution is 8.00. The van der Waals surface area contributed by atoms with Crippen LogP contribution in [0.1, 0.15) is 10.9 Å². The average Bonchev–Trinajstić information content (AvgIpc) is 3.00. The van der Waals surface area contributed by atoms with Crippen LogP contribution in [-0.2, 0) is 7.05 Å². The molecule has 1 atom stereocenters. The molecule has 4 rings (SSSR count). The van der Waals surface area contributed by atoms with Crippen molar-refractivity contribution in [2.24, 2.45) is 7.05 Å². The van der Waals surface area contributed by atoms with Crippen molar-refractivity contribution < 1.29 is 4.39 Å². The maximum absolute atomic E-state index is 14.1. The summed E-state index contributed by atoms with van der Waals surface area (Å²) < 4.78 is 15.7. The molecule has 0 radical (unpaired) electrons. The smallest absolute Gasteiger partial charge is 0.151 e. The molecular formula is C13H10FN3S2. The van der Waals surface area contributed by atoms with Crippen LogP contribution in [0.4, 0.5) is 9.39 Å². The Labute approximate surface area is 117 Å². The molecule has 1 aliphatic rings. The first-order valence-corrected chi connectivity index (χ1v) is 7.60. The van der Waals surface area contributed by atoms with Crippen LogP contribution in [0.3, 0.4) is 0 Å². The van der Waals surface area contributed by atoms with Crippen molar-refractivity contribution in [3.63, 3.8) is 0 Å². The number of benzene rings is 1. The van der Waals surface area contributed by atoms with Gasteiger partial charge in [0.2, 0.25) is 0 Å². The molecule has 1 aromatic carbocycles. The molecule has 1 N–H and O–H groups in total. The molecule has 1 aliphatic heterocycles. The van der Waals surface area contributed by atoms with Crippen molar-refractivity contribution in [1.82, 2.24) is 9.78 Å². The van der Waals surface area contributed by atoms with Gasteiger partial charge in [-0.05, 0) is 29.1 Å². The van der Waals surface area contributed by atoms with Gasteiger partial charge in [-0.2, -0.15) is 5.10 Å². The summed E-state index contributed by atoms with van der Waals surface area (Å²) in [4.78, 5) is 1.24. The van der Waals surface area contributed by atoms with Gasteiger partial charge in [0.05, 0.1) is 0 Å². The minimum atomic E-state index is -0.259. The molecule has 19 heavy (non-hydrogen) atoms. The van der Waals surface area contributed by atoms with Gasteiger partial charge >= 0.3 is 0 Å². The molecule has 0 aliphatic carbocycles. The van der Waals surface area contributed by atoms with Crippen molar-refractivity contribution >= 4 is 39.0 Å². The summed E-state index contributed by atoms with van der Waals surface area (Å²) in [6, 6.07) is 5.68. The van der Waals surface area contributed by atoms with Gasteiger partial charge in [0.1, 0.15) is 15.9 Å². The second kappa shape index (κ2) is 3.98. The highest BCUT2D eigenvalue weighted by Gasteiger charge is 2.25. The van der Waals surface area contributed by atoms with Crippen LogP contribution in [-0.4, -0.2) is 9.78 Å². The zero-order chi connectivity index (χ0) is 13.0. The molecule has 0 saturated heterocycles. The minimum Gasteiger partial charge on any atom is -0.360 e. The number of aryl methyl sites for hydroxylation is 1. The second-order valence-corrected chi connectivity index (χ2v) is 6.56. The number of nitrogens with zero attached hydrogens (tertiary/aromatic N) is 2. The Morgan fingerprint density at radius 2 is 2.32 bits per heavy atom. The van der Waals surface area contributed by atoms with Gasteiger partial charge in [-0.3, -0.25) is 4.68 Å². The van der Waals surface area contributed by atoms with Gasteiger partial charge in [-0.15, -0.1) is 11.3 Å². The van der Waals surface area contributed by atoms with Crippen molar-refractivity contribution in [1.29, 1.82) is 0 Å². The normalized spacial score (nSPS) is 17.7. The minimum absolute atomic E-state index is 0.0848. The Morgan fingerprint density at radius 3 is 3.16 bits per heavy atom. The van der Waals surface area contributed by atoms with Crippen LogP contribution < -0.4 is 5.32 Å². The number of anilines is 1. The molecule has 0 fully saturated rings. The molecule has 0 saturated carbocycles. The van der Waals surface area contributed by atoms with E-state index in [0.29, 0.717) is 5.52 Å². The number of hydrogen-bond donors (Lipinski definition) is 1. The molecule has 0 amide bonds. The monoisotopic (exact) mass is 291 g/mol. The number of halogens is 1.